The van der Waals surface area contributed by atoms with Crippen molar-refractivity contribution in [3.8, 4) is 0 Å². The van der Waals surface area contributed by atoms with Crippen LogP contribution in [0.15, 0.2) is 47.4 Å². The number of carbonyl (C=O) groups excluding carboxylic acids is 2. The summed E-state index contributed by atoms with van der Waals surface area (Å²) in [7, 11) is 0. The van der Waals surface area contributed by atoms with Crippen LogP contribution in [0.2, 0.25) is 5.02 Å². The van der Waals surface area contributed by atoms with E-state index < -0.39 is 22.9 Å². The van der Waals surface area contributed by atoms with Gasteiger partial charge in [0.05, 0.1) is 21.5 Å². The van der Waals surface area contributed by atoms with Crippen LogP contribution in [0.4, 0.5) is 24.5 Å². The van der Waals surface area contributed by atoms with Gasteiger partial charge < -0.3 is 10.6 Å². The molecule has 0 saturated heterocycles. The molecule has 2 aromatic carbocycles. The van der Waals surface area contributed by atoms with Crippen LogP contribution >= 0.6 is 23.4 Å². The van der Waals surface area contributed by atoms with Gasteiger partial charge >= 0.3 is 6.18 Å². The maximum absolute atomic E-state index is 12.8. The monoisotopic (exact) mass is 416 g/mol. The molecular formula is C18H16ClF3N2O2S. The number of thioether (sulfide) groups is 1. The Morgan fingerprint density at radius 2 is 1.70 bits per heavy atom. The van der Waals surface area contributed by atoms with Gasteiger partial charge in [-0.25, -0.2) is 0 Å². The van der Waals surface area contributed by atoms with Gasteiger partial charge in [-0.05, 0) is 49.4 Å². The Bertz CT molecular complexity index is 841. The van der Waals surface area contributed by atoms with E-state index in [9.17, 15) is 22.8 Å². The van der Waals surface area contributed by atoms with Gasteiger partial charge in [-0.2, -0.15) is 13.2 Å². The van der Waals surface area contributed by atoms with E-state index in [2.05, 4.69) is 10.6 Å². The topological polar surface area (TPSA) is 58.2 Å². The Morgan fingerprint density at radius 1 is 1.07 bits per heavy atom. The standard InChI is InChI=1S/C18H16ClF3N2O2S/c1-10(27-14-6-4-13(5-7-14)23-11(2)25)17(26)24-16-9-12(18(20,21)22)3-8-15(16)19/h3-10H,1-2H3,(H,23,25)(H,24,26)/t10-/m0/s1. The maximum Gasteiger partial charge on any atom is 0.416 e. The Morgan fingerprint density at radius 3 is 2.26 bits per heavy atom. The van der Waals surface area contributed by atoms with Crippen molar-refractivity contribution >= 4 is 46.6 Å². The first-order chi connectivity index (χ1) is 12.6. The summed E-state index contributed by atoms with van der Waals surface area (Å²) in [5, 5.41) is 4.50. The fourth-order valence-electron chi connectivity index (χ4n) is 2.11. The van der Waals surface area contributed by atoms with E-state index in [1.807, 2.05) is 0 Å². The minimum Gasteiger partial charge on any atom is -0.326 e. The summed E-state index contributed by atoms with van der Waals surface area (Å²) in [6, 6.07) is 9.61. The number of hydrogen-bond donors (Lipinski definition) is 2. The largest absolute Gasteiger partial charge is 0.416 e. The van der Waals surface area contributed by atoms with Gasteiger partial charge in [0.2, 0.25) is 11.8 Å². The molecule has 0 aromatic heterocycles. The van der Waals surface area contributed by atoms with E-state index in [4.69, 9.17) is 11.6 Å². The smallest absolute Gasteiger partial charge is 0.326 e. The predicted molar refractivity (Wildman–Crippen MR) is 101 cm³/mol. The van der Waals surface area contributed by atoms with Crippen molar-refractivity contribution in [3.05, 3.63) is 53.1 Å². The first-order valence-corrected chi connectivity index (χ1v) is 9.04. The molecular weight excluding hydrogens is 401 g/mol. The van der Waals surface area contributed by atoms with Gasteiger partial charge in [0.1, 0.15) is 0 Å². The van der Waals surface area contributed by atoms with E-state index in [-0.39, 0.29) is 16.6 Å². The van der Waals surface area contributed by atoms with Crippen LogP contribution in [0, 0.1) is 0 Å². The van der Waals surface area contributed by atoms with Gasteiger partial charge in [0.15, 0.2) is 0 Å². The highest BCUT2D eigenvalue weighted by Crippen LogP contribution is 2.34. The number of halogens is 4. The number of amides is 2. The summed E-state index contributed by atoms with van der Waals surface area (Å²) >= 11 is 7.11. The number of rotatable bonds is 5. The number of hydrogen-bond acceptors (Lipinski definition) is 3. The van der Waals surface area contributed by atoms with Gasteiger partial charge in [0.25, 0.3) is 0 Å². The fraction of sp³-hybridized carbons (Fsp3) is 0.222. The second kappa shape index (κ2) is 8.67. The molecule has 0 heterocycles. The molecule has 144 valence electrons. The van der Waals surface area contributed by atoms with Gasteiger partial charge in [-0.15, -0.1) is 11.8 Å². The van der Waals surface area contributed by atoms with Gasteiger partial charge in [-0.3, -0.25) is 9.59 Å². The van der Waals surface area contributed by atoms with Crippen molar-refractivity contribution in [1.82, 2.24) is 0 Å². The molecule has 0 aliphatic carbocycles. The Balaban J connectivity index is 2.04. The maximum atomic E-state index is 12.8. The molecule has 0 aliphatic heterocycles. The van der Waals surface area contributed by atoms with E-state index in [1.165, 1.54) is 18.7 Å². The molecule has 0 spiro atoms. The lowest BCUT2D eigenvalue weighted by atomic mass is 10.2. The molecule has 0 unspecified atom stereocenters. The third-order valence-corrected chi connectivity index (χ3v) is 4.85. The van der Waals surface area contributed by atoms with Gasteiger partial charge in [-0.1, -0.05) is 11.6 Å². The summed E-state index contributed by atoms with van der Waals surface area (Å²) in [4.78, 5) is 24.1. The van der Waals surface area contributed by atoms with E-state index in [0.717, 1.165) is 23.1 Å². The molecule has 0 fully saturated rings. The summed E-state index contributed by atoms with van der Waals surface area (Å²) in [6.45, 7) is 3.03. The highest BCUT2D eigenvalue weighted by atomic mass is 35.5. The number of carbonyl (C=O) groups is 2. The summed E-state index contributed by atoms with van der Waals surface area (Å²) < 4.78 is 38.4. The zero-order chi connectivity index (χ0) is 20.2. The molecule has 1 atom stereocenters. The average molecular weight is 417 g/mol. The van der Waals surface area contributed by atoms with Crippen LogP contribution in [0.5, 0.6) is 0 Å². The van der Waals surface area contributed by atoms with E-state index >= 15 is 0 Å². The van der Waals surface area contributed by atoms with Gasteiger partial charge in [0, 0.05) is 17.5 Å². The highest BCUT2D eigenvalue weighted by Gasteiger charge is 2.31. The summed E-state index contributed by atoms with van der Waals surface area (Å²) in [5.74, 6) is -0.673. The average Bonchev–Trinajstić information content (AvgIpc) is 2.57. The Hall–Kier alpha value is -2.19. The molecule has 2 rings (SSSR count). The van der Waals surface area contributed by atoms with Crippen LogP contribution in [-0.4, -0.2) is 17.1 Å². The van der Waals surface area contributed by atoms with Crippen molar-refractivity contribution in [2.75, 3.05) is 10.6 Å². The van der Waals surface area contributed by atoms with E-state index in [0.29, 0.717) is 5.69 Å². The lowest BCUT2D eigenvalue weighted by Crippen LogP contribution is -2.22. The molecule has 0 aliphatic rings. The predicted octanol–water partition coefficient (Wildman–Crippen LogP) is 5.44. The van der Waals surface area contributed by atoms with Crippen molar-refractivity contribution < 1.29 is 22.8 Å². The third-order valence-electron chi connectivity index (χ3n) is 3.41. The van der Waals surface area contributed by atoms with Crippen LogP contribution in [0.1, 0.15) is 19.4 Å². The number of anilines is 2. The SMILES string of the molecule is CC(=O)Nc1ccc(S[C@@H](C)C(=O)Nc2cc(C(F)(F)F)ccc2Cl)cc1. The third kappa shape index (κ3) is 6.18. The molecule has 4 nitrogen and oxygen atoms in total. The second-order valence-corrected chi connectivity index (χ2v) is 7.47. The van der Waals surface area contributed by atoms with Crippen molar-refractivity contribution in [2.45, 2.75) is 30.2 Å². The zero-order valence-corrected chi connectivity index (χ0v) is 15.9. The molecule has 0 bridgehead atoms. The summed E-state index contributed by atoms with van der Waals surface area (Å²) in [5.41, 5.74) is -0.360. The minimum absolute atomic E-state index is 0.0215. The van der Waals surface area contributed by atoms with Crippen LogP contribution in [-0.2, 0) is 15.8 Å². The van der Waals surface area contributed by atoms with Crippen molar-refractivity contribution in [1.29, 1.82) is 0 Å². The first-order valence-electron chi connectivity index (χ1n) is 7.78. The normalized spacial score (nSPS) is 12.4. The fourth-order valence-corrected chi connectivity index (χ4v) is 3.14. The van der Waals surface area contributed by atoms with Crippen molar-refractivity contribution in [2.24, 2.45) is 0 Å². The van der Waals surface area contributed by atoms with Crippen LogP contribution < -0.4 is 10.6 Å². The van der Waals surface area contributed by atoms with E-state index in [1.54, 1.807) is 31.2 Å². The zero-order valence-electron chi connectivity index (χ0n) is 14.4. The minimum atomic E-state index is -4.53. The molecule has 0 saturated carbocycles. The molecule has 2 N–H and O–H groups in total. The van der Waals surface area contributed by atoms with Crippen LogP contribution in [0.25, 0.3) is 0 Å². The van der Waals surface area contributed by atoms with Crippen LogP contribution in [0.3, 0.4) is 0 Å². The lowest BCUT2D eigenvalue weighted by Gasteiger charge is -2.15. The molecule has 9 heteroatoms. The molecule has 27 heavy (non-hydrogen) atoms. The lowest BCUT2D eigenvalue weighted by molar-refractivity contribution is -0.137. The molecule has 2 aromatic rings. The highest BCUT2D eigenvalue weighted by molar-refractivity contribution is 8.00. The van der Waals surface area contributed by atoms with Crippen molar-refractivity contribution in [3.63, 3.8) is 0 Å². The number of benzene rings is 2. The summed E-state index contributed by atoms with van der Waals surface area (Å²) in [6.07, 6.45) is -4.53. The Kier molecular flexibility index (Phi) is 6.78. The quantitative estimate of drug-likeness (QED) is 0.638. The number of nitrogens with one attached hydrogen (secondary N) is 2. The number of alkyl halides is 3. The molecule has 0 radical (unpaired) electrons. The molecule has 2 amide bonds. The second-order valence-electron chi connectivity index (χ2n) is 5.65. The Labute approximate surface area is 163 Å². The first kappa shape index (κ1) is 21.1.